The Kier molecular flexibility index (Phi) is 5.89. The molecule has 0 bridgehead atoms. The minimum atomic E-state index is -0.356. The number of nitro benzene ring substituents is 1. The molecular weight excluding hydrogens is 392 g/mol. The number of hydrogen-bond donors (Lipinski definition) is 1. The van der Waals surface area contributed by atoms with Gasteiger partial charge in [-0.25, -0.2) is 0 Å². The molecule has 0 aliphatic carbocycles. The molecule has 0 radical (unpaired) electrons. The van der Waals surface area contributed by atoms with Gasteiger partial charge in [-0.2, -0.15) is 0 Å². The van der Waals surface area contributed by atoms with Crippen molar-refractivity contribution >= 4 is 33.9 Å². The zero-order chi connectivity index (χ0) is 20.2. The number of aromatic nitrogens is 1. The van der Waals surface area contributed by atoms with Crippen molar-refractivity contribution < 1.29 is 9.66 Å². The molecule has 1 aromatic heterocycles. The zero-order valence-electron chi connectivity index (χ0n) is 15.8. The fourth-order valence-corrected chi connectivity index (χ4v) is 4.01. The van der Waals surface area contributed by atoms with Crippen LogP contribution in [0.4, 0.5) is 11.4 Å². The average molecular weight is 413 g/mol. The van der Waals surface area contributed by atoms with Gasteiger partial charge in [0.05, 0.1) is 35.1 Å². The Morgan fingerprint density at radius 3 is 2.72 bits per heavy atom. The lowest BCUT2D eigenvalue weighted by Crippen LogP contribution is -2.41. The van der Waals surface area contributed by atoms with E-state index in [1.807, 2.05) is 24.3 Å². The Morgan fingerprint density at radius 1 is 1.17 bits per heavy atom. The first kappa shape index (κ1) is 19.6. The molecule has 7 nitrogen and oxygen atoms in total. The number of anilines is 1. The number of nitrogens with zero attached hydrogens (tertiary/aromatic N) is 3. The van der Waals surface area contributed by atoms with E-state index >= 15 is 0 Å². The Morgan fingerprint density at radius 2 is 1.97 bits per heavy atom. The molecule has 3 aromatic rings. The number of fused-ring (bicyclic) bond motifs is 1. The van der Waals surface area contributed by atoms with Crippen molar-refractivity contribution in [1.82, 2.24) is 9.88 Å². The van der Waals surface area contributed by atoms with Crippen molar-refractivity contribution in [3.8, 4) is 0 Å². The van der Waals surface area contributed by atoms with E-state index in [1.54, 1.807) is 30.5 Å². The van der Waals surface area contributed by atoms with Crippen molar-refractivity contribution in [1.29, 1.82) is 0 Å². The maximum atomic E-state index is 11.8. The Hall–Kier alpha value is -2.74. The van der Waals surface area contributed by atoms with E-state index in [2.05, 4.69) is 15.2 Å². The van der Waals surface area contributed by atoms with Crippen LogP contribution in [0, 0.1) is 10.1 Å². The van der Waals surface area contributed by atoms with Crippen molar-refractivity contribution in [2.75, 3.05) is 38.2 Å². The zero-order valence-corrected chi connectivity index (χ0v) is 16.5. The highest BCUT2D eigenvalue weighted by Gasteiger charge is 2.26. The van der Waals surface area contributed by atoms with Crippen LogP contribution in [0.5, 0.6) is 0 Å². The molecule has 1 N–H and O–H groups in total. The van der Waals surface area contributed by atoms with Crippen LogP contribution in [0.3, 0.4) is 0 Å². The number of nitrogens with one attached hydrogen (secondary N) is 1. The Labute approximate surface area is 173 Å². The molecule has 0 spiro atoms. The van der Waals surface area contributed by atoms with Crippen molar-refractivity contribution in [3.05, 3.63) is 75.4 Å². The smallest absolute Gasteiger partial charge is 0.301 e. The normalized spacial score (nSPS) is 15.9. The molecule has 0 saturated carbocycles. The third-order valence-electron chi connectivity index (χ3n) is 5.18. The van der Waals surface area contributed by atoms with Crippen molar-refractivity contribution in [3.63, 3.8) is 0 Å². The maximum absolute atomic E-state index is 11.8. The lowest BCUT2D eigenvalue weighted by molar-refractivity contribution is -0.382. The largest absolute Gasteiger partial charge is 0.379 e. The van der Waals surface area contributed by atoms with Crippen LogP contribution in [-0.4, -0.2) is 47.7 Å². The molecule has 150 valence electrons. The quantitative estimate of drug-likeness (QED) is 0.480. The number of pyridine rings is 1. The first-order valence-corrected chi connectivity index (χ1v) is 9.85. The average Bonchev–Trinajstić information content (AvgIpc) is 2.75. The van der Waals surface area contributed by atoms with Crippen LogP contribution >= 0.6 is 11.6 Å². The van der Waals surface area contributed by atoms with E-state index in [-0.39, 0.29) is 16.7 Å². The summed E-state index contributed by atoms with van der Waals surface area (Å²) in [4.78, 5) is 18.0. The second-order valence-electron chi connectivity index (χ2n) is 6.86. The van der Waals surface area contributed by atoms with E-state index in [0.29, 0.717) is 41.4 Å². The lowest BCUT2D eigenvalue weighted by Gasteiger charge is -2.35. The van der Waals surface area contributed by atoms with Crippen LogP contribution in [0.25, 0.3) is 10.9 Å². The molecule has 1 saturated heterocycles. The molecule has 1 aliphatic rings. The van der Waals surface area contributed by atoms with Gasteiger partial charge in [0, 0.05) is 30.9 Å². The highest BCUT2D eigenvalue weighted by atomic mass is 35.5. The van der Waals surface area contributed by atoms with Crippen LogP contribution < -0.4 is 5.32 Å². The minimum absolute atomic E-state index is 0.0307. The second-order valence-corrected chi connectivity index (χ2v) is 7.26. The molecule has 1 fully saturated rings. The number of morpholine rings is 1. The Balaban J connectivity index is 1.66. The van der Waals surface area contributed by atoms with Crippen molar-refractivity contribution in [2.24, 2.45) is 0 Å². The third kappa shape index (κ3) is 4.17. The molecule has 29 heavy (non-hydrogen) atoms. The third-order valence-corrected chi connectivity index (χ3v) is 5.52. The van der Waals surface area contributed by atoms with Gasteiger partial charge in [0.25, 0.3) is 0 Å². The van der Waals surface area contributed by atoms with Gasteiger partial charge in [-0.15, -0.1) is 0 Å². The maximum Gasteiger partial charge on any atom is 0.301 e. The molecule has 2 heterocycles. The molecular formula is C21H21ClN4O3. The van der Waals surface area contributed by atoms with Gasteiger partial charge in [0.2, 0.25) is 0 Å². The van der Waals surface area contributed by atoms with Crippen LogP contribution in [0.15, 0.2) is 54.7 Å². The van der Waals surface area contributed by atoms with Crippen LogP contribution in [0.2, 0.25) is 5.02 Å². The lowest BCUT2D eigenvalue weighted by atomic mass is 10.0. The topological polar surface area (TPSA) is 80.5 Å². The second kappa shape index (κ2) is 8.73. The predicted octanol–water partition coefficient (Wildman–Crippen LogP) is 4.28. The van der Waals surface area contributed by atoms with Crippen LogP contribution in [-0.2, 0) is 4.74 Å². The number of rotatable bonds is 6. The summed E-state index contributed by atoms with van der Waals surface area (Å²) in [6.45, 7) is 3.35. The summed E-state index contributed by atoms with van der Waals surface area (Å²) in [5.41, 5.74) is 2.10. The fraction of sp³-hybridized carbons (Fsp3) is 0.286. The summed E-state index contributed by atoms with van der Waals surface area (Å²) in [6, 6.07) is 14.6. The van der Waals surface area contributed by atoms with E-state index < -0.39 is 0 Å². The van der Waals surface area contributed by atoms with Gasteiger partial charge in [0.15, 0.2) is 0 Å². The van der Waals surface area contributed by atoms with Crippen LogP contribution in [0.1, 0.15) is 11.6 Å². The minimum Gasteiger partial charge on any atom is -0.379 e. The summed E-state index contributed by atoms with van der Waals surface area (Å²) in [5.74, 6) is 0. The molecule has 1 atom stereocenters. The van der Waals surface area contributed by atoms with Gasteiger partial charge in [-0.05, 0) is 35.9 Å². The first-order chi connectivity index (χ1) is 14.1. The number of benzene rings is 2. The molecule has 4 rings (SSSR count). The summed E-state index contributed by atoms with van der Waals surface area (Å²) in [7, 11) is 0. The molecule has 0 amide bonds. The first-order valence-electron chi connectivity index (χ1n) is 9.47. The predicted molar refractivity (Wildman–Crippen MR) is 113 cm³/mol. The summed E-state index contributed by atoms with van der Waals surface area (Å²) < 4.78 is 5.49. The summed E-state index contributed by atoms with van der Waals surface area (Å²) in [6.07, 6.45) is 1.63. The summed E-state index contributed by atoms with van der Waals surface area (Å²) in [5, 5.41) is 16.3. The molecule has 1 aliphatic heterocycles. The highest BCUT2D eigenvalue weighted by Crippen LogP contribution is 2.34. The van der Waals surface area contributed by atoms with E-state index in [9.17, 15) is 10.1 Å². The number of halogens is 1. The molecule has 2 aromatic carbocycles. The highest BCUT2D eigenvalue weighted by molar-refractivity contribution is 6.31. The number of nitro groups is 1. The van der Waals surface area contributed by atoms with Gasteiger partial charge in [-0.3, -0.25) is 20.0 Å². The van der Waals surface area contributed by atoms with Gasteiger partial charge in [0.1, 0.15) is 5.69 Å². The fourth-order valence-electron chi connectivity index (χ4n) is 3.75. The van der Waals surface area contributed by atoms with Crippen molar-refractivity contribution in [2.45, 2.75) is 6.04 Å². The summed E-state index contributed by atoms with van der Waals surface area (Å²) >= 11 is 6.48. The van der Waals surface area contributed by atoms with E-state index in [0.717, 1.165) is 18.7 Å². The monoisotopic (exact) mass is 412 g/mol. The van der Waals surface area contributed by atoms with Gasteiger partial charge >= 0.3 is 5.69 Å². The van der Waals surface area contributed by atoms with Gasteiger partial charge < -0.3 is 10.1 Å². The number of ether oxygens (including phenoxy) is 1. The van der Waals surface area contributed by atoms with E-state index in [1.165, 1.54) is 0 Å². The molecule has 8 heteroatoms. The number of hydrogen-bond acceptors (Lipinski definition) is 6. The Bertz CT molecular complexity index is 1020. The molecule has 1 unspecified atom stereocenters. The standard InChI is InChI=1S/C21H21ClN4O3/c22-17-6-2-1-4-15(17)20(25-10-12-29-13-11-25)14-24-19-8-7-18-16(5-3-9-23-18)21(19)26(27)28/h1-9,20,24H,10-14H2. The van der Waals surface area contributed by atoms with Gasteiger partial charge in [-0.1, -0.05) is 29.8 Å². The SMILES string of the molecule is O=[N+]([O-])c1c(NCC(c2ccccc2Cl)N2CCOCC2)ccc2ncccc12. The van der Waals surface area contributed by atoms with E-state index in [4.69, 9.17) is 16.3 Å².